The molecule has 4 nitrogen and oxygen atoms in total. The van der Waals surface area contributed by atoms with Crippen LogP contribution in [0.4, 0.5) is 0 Å². The van der Waals surface area contributed by atoms with Crippen molar-refractivity contribution in [1.82, 2.24) is 0 Å². The molecule has 0 aliphatic rings. The Labute approximate surface area is 112 Å². The molecule has 0 heterocycles. The van der Waals surface area contributed by atoms with E-state index in [9.17, 15) is 0 Å². The molecule has 0 aromatic heterocycles. The average molecular weight is 207 g/mol. The minimum Gasteiger partial charge on any atom is 0 e. The Morgan fingerprint density at radius 2 is 0.500 bits per heavy atom. The van der Waals surface area contributed by atoms with Crippen LogP contribution in [0.5, 0.6) is 0 Å². The van der Waals surface area contributed by atoms with Crippen LogP contribution in [0.2, 0.25) is 0 Å². The van der Waals surface area contributed by atoms with Crippen molar-refractivity contribution < 1.29 is 35.7 Å². The smallest absolute Gasteiger partial charge is 0 e. The Kier molecular flexibility index (Phi) is 2930. The van der Waals surface area contributed by atoms with E-state index in [2.05, 4.69) is 26.6 Å². The molecule has 0 fully saturated rings. The molecule has 1 radical (unpaired) electrons. The predicted molar refractivity (Wildman–Crippen MR) is 21.5 cm³/mol. The third-order valence-electron chi connectivity index (χ3n) is 0. The van der Waals surface area contributed by atoms with Gasteiger partial charge in [0.25, 0.3) is 0 Å². The quantitative estimate of drug-likeness (QED) is 0.290. The van der Waals surface area contributed by atoms with Crippen molar-refractivity contribution >= 4 is 51.4 Å². The van der Waals surface area contributed by atoms with Crippen molar-refractivity contribution in [3.05, 3.63) is 26.6 Å². The second-order valence-corrected chi connectivity index (χ2v) is 0. The standard InChI is InChI=1S/4CO.Fe.K/c4*1-2;;. The number of hydrogen-bond donors (Lipinski definition) is 0. The van der Waals surface area contributed by atoms with Crippen LogP contribution < -0.4 is 0 Å². The molecule has 0 aromatic rings. The predicted octanol–water partition coefficient (Wildman–Crippen LogP) is -0.533. The van der Waals surface area contributed by atoms with Gasteiger partial charge in [0.2, 0.25) is 0 Å². The van der Waals surface area contributed by atoms with Gasteiger partial charge in [-0.15, -0.1) is 0 Å². The summed E-state index contributed by atoms with van der Waals surface area (Å²) in [5.41, 5.74) is 0. The third kappa shape index (κ3) is 482. The van der Waals surface area contributed by atoms with Crippen LogP contribution in [-0.4, -0.2) is 51.4 Å². The van der Waals surface area contributed by atoms with E-state index in [1.807, 2.05) is 0 Å². The Balaban J connectivity index is -0.00000000500. The summed E-state index contributed by atoms with van der Waals surface area (Å²) in [6, 6.07) is 0. The fraction of sp³-hybridized carbons (Fsp3) is 0. The summed E-state index contributed by atoms with van der Waals surface area (Å²) in [6.45, 7) is 18.0. The van der Waals surface area contributed by atoms with Crippen LogP contribution in [0.1, 0.15) is 0 Å². The van der Waals surface area contributed by atoms with E-state index in [1.54, 1.807) is 0 Å². The van der Waals surface area contributed by atoms with E-state index in [4.69, 9.17) is 18.6 Å². The molecule has 0 saturated carbocycles. The third-order valence-corrected chi connectivity index (χ3v) is 0. The monoisotopic (exact) mass is 207 g/mol. The first-order chi connectivity index (χ1) is 4.00. The molecule has 49 valence electrons. The molecule has 0 N–H and O–H groups in total. The molecule has 0 aromatic carbocycles. The zero-order valence-electron chi connectivity index (χ0n) is 4.99. The first kappa shape index (κ1) is 43.5. The molecule has 0 atom stereocenters. The van der Waals surface area contributed by atoms with Crippen molar-refractivity contribution in [2.75, 3.05) is 0 Å². The largest absolute Gasteiger partial charge is 0 e. The van der Waals surface area contributed by atoms with Crippen molar-refractivity contribution in [2.45, 2.75) is 0 Å². The Morgan fingerprint density at radius 3 is 0.500 bits per heavy atom. The Hall–Kier alpha value is 1.12. The normalized spacial score (nSPS) is 0.800. The summed E-state index contributed by atoms with van der Waals surface area (Å²) in [4.78, 5) is 0. The van der Waals surface area contributed by atoms with Crippen LogP contribution in [0.3, 0.4) is 0 Å². The molecule has 6 heteroatoms. The van der Waals surface area contributed by atoms with Gasteiger partial charge in [0.1, 0.15) is 0 Å². The van der Waals surface area contributed by atoms with Gasteiger partial charge in [-0.05, 0) is 0 Å². The minimum absolute atomic E-state index is 0. The maximum atomic E-state index is 7.50. The zero-order chi connectivity index (χ0) is 8.00. The van der Waals surface area contributed by atoms with E-state index in [-0.39, 0.29) is 68.5 Å². The van der Waals surface area contributed by atoms with Gasteiger partial charge in [-0.25, -0.2) is 0 Å². The molecule has 0 saturated heterocycles. The molecule has 0 spiro atoms. The molecule has 0 aliphatic carbocycles. The summed E-state index contributed by atoms with van der Waals surface area (Å²) in [5.74, 6) is 0. The number of rotatable bonds is 0. The topological polar surface area (TPSA) is 79.6 Å². The van der Waals surface area contributed by atoms with Crippen LogP contribution in [-0.2, 0) is 35.7 Å². The number of hydrogen-bond acceptors (Lipinski definition) is 0. The van der Waals surface area contributed by atoms with Crippen molar-refractivity contribution in [1.29, 1.82) is 0 Å². The van der Waals surface area contributed by atoms with Gasteiger partial charge in [-0.1, -0.05) is 0 Å². The second kappa shape index (κ2) is 675. The molecule has 0 rings (SSSR count). The molecule has 0 aliphatic heterocycles. The summed E-state index contributed by atoms with van der Waals surface area (Å²) in [7, 11) is 0. The Bertz CT molecular complexity index is 60.2. The molecule has 0 bridgehead atoms. The van der Waals surface area contributed by atoms with Gasteiger partial charge in [-0.3, -0.25) is 0 Å². The van der Waals surface area contributed by atoms with Gasteiger partial charge in [0, 0.05) is 68.5 Å². The van der Waals surface area contributed by atoms with Crippen LogP contribution >= 0.6 is 0 Å². The van der Waals surface area contributed by atoms with Crippen molar-refractivity contribution in [3.63, 3.8) is 0 Å². The molecule has 0 amide bonds. The molecule has 0 unspecified atom stereocenters. The zero-order valence-corrected chi connectivity index (χ0v) is 9.21. The summed E-state index contributed by atoms with van der Waals surface area (Å²) >= 11 is 0. The van der Waals surface area contributed by atoms with Gasteiger partial charge >= 0.3 is 45.2 Å². The van der Waals surface area contributed by atoms with E-state index in [0.29, 0.717) is 0 Å². The summed E-state index contributed by atoms with van der Waals surface area (Å²) in [5, 5.41) is 0. The maximum Gasteiger partial charge on any atom is 0 e. The van der Waals surface area contributed by atoms with E-state index < -0.39 is 0 Å². The van der Waals surface area contributed by atoms with Crippen LogP contribution in [0.15, 0.2) is 0 Å². The van der Waals surface area contributed by atoms with E-state index >= 15 is 0 Å². The van der Waals surface area contributed by atoms with Gasteiger partial charge < -0.3 is 0 Å². The van der Waals surface area contributed by atoms with E-state index in [0.717, 1.165) is 0 Å². The molecular weight excluding hydrogens is 207 g/mol. The van der Waals surface area contributed by atoms with Crippen LogP contribution in [0.25, 0.3) is 0 Å². The van der Waals surface area contributed by atoms with Gasteiger partial charge in [0.05, 0.1) is 0 Å². The second-order valence-electron chi connectivity index (χ2n) is 0. The molecular formula is C4FeKO4. The fourth-order valence-corrected chi connectivity index (χ4v) is 0. The Morgan fingerprint density at radius 1 is 0.500 bits per heavy atom. The maximum absolute atomic E-state index is 7.50. The van der Waals surface area contributed by atoms with Crippen molar-refractivity contribution in [2.24, 2.45) is 0 Å². The van der Waals surface area contributed by atoms with Crippen LogP contribution in [0, 0.1) is 26.6 Å². The van der Waals surface area contributed by atoms with Gasteiger partial charge in [-0.2, -0.15) is 0 Å². The first-order valence-electron chi connectivity index (χ1n) is 0.816. The first-order valence-corrected chi connectivity index (χ1v) is 0.816. The van der Waals surface area contributed by atoms with Gasteiger partial charge in [0.15, 0.2) is 0 Å². The summed E-state index contributed by atoms with van der Waals surface area (Å²) < 4.78 is 30.0. The fourth-order valence-electron chi connectivity index (χ4n) is 0. The minimum atomic E-state index is 0. The van der Waals surface area contributed by atoms with E-state index in [1.165, 1.54) is 0 Å². The molecule has 10 heavy (non-hydrogen) atoms. The SMILES string of the molecule is [C-]#[O+].[C-]#[O+].[C-]#[O+].[C-]#[O+].[Fe].[K]. The summed E-state index contributed by atoms with van der Waals surface area (Å²) in [6.07, 6.45) is 0. The average Bonchev–Trinajstić information content (AvgIpc) is 2.03. The van der Waals surface area contributed by atoms with Crippen molar-refractivity contribution in [3.8, 4) is 0 Å².